The molecule has 7 aromatic carbocycles. The van der Waals surface area contributed by atoms with Crippen LogP contribution in [0, 0.1) is 0 Å². The molecule has 15 heteroatoms. The molecule has 1 fully saturated rings. The SMILES string of the molecule is COc1ccc(COC(=O)C2=C(C=Cc3cncs3)CS[C@H]3C(NC(=O)C(=NOc4ccccc4C(c4ccccc4)c4ccccc4)c4csc(NC(c5ccccc5)(c5ccccc5)c5ccccc5)n4)C(=O)N23)cc1. The summed E-state index contributed by atoms with van der Waals surface area (Å²) in [5.74, 6) is -0.670. The van der Waals surface area contributed by atoms with E-state index >= 15 is 4.79 Å². The summed E-state index contributed by atoms with van der Waals surface area (Å²) in [6.45, 7) is -0.0355. The van der Waals surface area contributed by atoms with Gasteiger partial charge >= 0.3 is 5.97 Å². The molecule has 2 atom stereocenters. The lowest BCUT2D eigenvalue weighted by atomic mass is 9.77. The van der Waals surface area contributed by atoms with Gasteiger partial charge in [0.25, 0.3) is 11.8 Å². The summed E-state index contributed by atoms with van der Waals surface area (Å²) in [7, 11) is 1.58. The number of oxime groups is 1. The molecule has 11 rings (SSSR count). The molecule has 2 aliphatic heterocycles. The lowest BCUT2D eigenvalue weighted by Gasteiger charge is -2.49. The van der Waals surface area contributed by atoms with E-state index in [2.05, 4.69) is 81.4 Å². The number of thioether (sulfide) groups is 1. The van der Waals surface area contributed by atoms with E-state index in [4.69, 9.17) is 19.3 Å². The van der Waals surface area contributed by atoms with Crippen LogP contribution in [-0.4, -0.2) is 62.6 Å². The largest absolute Gasteiger partial charge is 0.497 e. The van der Waals surface area contributed by atoms with Crippen molar-refractivity contribution in [2.45, 2.75) is 29.5 Å². The first-order valence-corrected chi connectivity index (χ1v) is 27.9. The van der Waals surface area contributed by atoms with Crippen LogP contribution in [0.3, 0.4) is 0 Å². The Morgan fingerprint density at radius 1 is 0.744 bits per heavy atom. The smallest absolute Gasteiger partial charge is 0.355 e. The number of esters is 1. The minimum atomic E-state index is -1.05. The average molecular weight is 1080 g/mol. The van der Waals surface area contributed by atoms with Crippen molar-refractivity contribution < 1.29 is 28.7 Å². The fourth-order valence-corrected chi connectivity index (χ4v) is 12.3. The number of ether oxygens (including phenoxy) is 2. The normalized spacial score (nSPS) is 15.4. The second-order valence-corrected chi connectivity index (χ2v) is 21.1. The number of carbonyl (C=O) groups excluding carboxylic acids is 3. The highest BCUT2D eigenvalue weighted by Crippen LogP contribution is 2.43. The van der Waals surface area contributed by atoms with Crippen LogP contribution in [0.5, 0.6) is 11.5 Å². The second-order valence-electron chi connectivity index (χ2n) is 18.2. The summed E-state index contributed by atoms with van der Waals surface area (Å²) in [5, 5.41) is 13.1. The molecule has 0 bridgehead atoms. The van der Waals surface area contributed by atoms with Crippen molar-refractivity contribution in [1.82, 2.24) is 20.2 Å². The molecule has 0 aliphatic carbocycles. The number of nitrogens with one attached hydrogen (secondary N) is 2. The molecule has 2 N–H and O–H groups in total. The summed E-state index contributed by atoms with van der Waals surface area (Å²) in [6.07, 6.45) is 5.40. The van der Waals surface area contributed by atoms with E-state index in [9.17, 15) is 9.59 Å². The molecular weight excluding hydrogens is 1030 g/mol. The summed E-state index contributed by atoms with van der Waals surface area (Å²) in [4.78, 5) is 61.9. The third-order valence-corrected chi connectivity index (χ3v) is 16.3. The molecular formula is C63H50N6O6S3. The van der Waals surface area contributed by atoms with Gasteiger partial charge in [0, 0.05) is 33.7 Å². The number of hydrogen-bond donors (Lipinski definition) is 2. The van der Waals surface area contributed by atoms with E-state index < -0.39 is 34.7 Å². The number of methoxy groups -OCH3 is 1. The standard InChI is InChI=1S/C63H50N6O6S3/c1-73-49-34-31-42(32-35-49)38-74-61(72)57-45(33-36-50-37-64-41-78-50)39-76-60-56(59(71)69(57)60)66-58(70)55(68-75-53-30-18-17-29-51(53)54(43-19-7-2-8-20-43)44-21-9-3-10-22-44)52-40-77-62(65-52)67-63(46-23-11-4-12-24-46,47-25-13-5-14-26-47)48-27-15-6-16-28-48/h2-37,40-41,54,56,60H,38-39H2,1H3,(H,65,67)(H,66,70)/t56?,60-/m0/s1. The van der Waals surface area contributed by atoms with Crippen LogP contribution in [0.25, 0.3) is 6.08 Å². The maximum Gasteiger partial charge on any atom is 0.355 e. The van der Waals surface area contributed by atoms with E-state index in [1.165, 1.54) is 39.3 Å². The van der Waals surface area contributed by atoms with Gasteiger partial charge in [-0.3, -0.25) is 19.5 Å². The monoisotopic (exact) mass is 1080 g/mol. The summed E-state index contributed by atoms with van der Waals surface area (Å²) in [6, 6.07) is 64.5. The Morgan fingerprint density at radius 2 is 1.33 bits per heavy atom. The number of carbonyl (C=O) groups is 3. The van der Waals surface area contributed by atoms with Crippen molar-refractivity contribution in [2.75, 3.05) is 18.2 Å². The molecule has 0 radical (unpaired) electrons. The van der Waals surface area contributed by atoms with Gasteiger partial charge in [-0.15, -0.1) is 34.4 Å². The zero-order chi connectivity index (χ0) is 53.3. The molecule has 12 nitrogen and oxygen atoms in total. The number of aromatic nitrogens is 2. The van der Waals surface area contributed by atoms with Crippen molar-refractivity contribution in [1.29, 1.82) is 0 Å². The molecule has 1 unspecified atom stereocenters. The number of amides is 2. The van der Waals surface area contributed by atoms with E-state index in [0.717, 1.165) is 43.8 Å². The van der Waals surface area contributed by atoms with Gasteiger partial charge in [-0.25, -0.2) is 9.78 Å². The quantitative estimate of drug-likeness (QED) is 0.0264. The number of rotatable bonds is 19. The van der Waals surface area contributed by atoms with Crippen LogP contribution in [0.2, 0.25) is 0 Å². The Labute approximate surface area is 463 Å². The van der Waals surface area contributed by atoms with Crippen LogP contribution in [0.4, 0.5) is 5.13 Å². The highest BCUT2D eigenvalue weighted by atomic mass is 32.2. The minimum absolute atomic E-state index is 0.0355. The Bertz CT molecular complexity index is 3480. The summed E-state index contributed by atoms with van der Waals surface area (Å²) >= 11 is 4.18. The number of nitrogens with zero attached hydrogens (tertiary/aromatic N) is 4. The van der Waals surface area contributed by atoms with Gasteiger partial charge in [0.2, 0.25) is 0 Å². The number of anilines is 1. The number of benzene rings is 7. The number of fused-ring (bicyclic) bond motifs is 1. The molecule has 78 heavy (non-hydrogen) atoms. The van der Waals surface area contributed by atoms with Crippen LogP contribution in [-0.2, 0) is 31.3 Å². The van der Waals surface area contributed by atoms with Crippen molar-refractivity contribution in [2.24, 2.45) is 5.16 Å². The van der Waals surface area contributed by atoms with Crippen molar-refractivity contribution >= 4 is 69.1 Å². The van der Waals surface area contributed by atoms with Gasteiger partial charge in [0.15, 0.2) is 16.6 Å². The third-order valence-electron chi connectivity index (χ3n) is 13.5. The zero-order valence-corrected chi connectivity index (χ0v) is 44.5. The van der Waals surface area contributed by atoms with E-state index in [1.807, 2.05) is 140 Å². The highest BCUT2D eigenvalue weighted by Gasteiger charge is 2.54. The molecule has 9 aromatic rings. The Kier molecular flexibility index (Phi) is 15.5. The first kappa shape index (κ1) is 51.2. The predicted molar refractivity (Wildman–Crippen MR) is 308 cm³/mol. The Hall–Kier alpha value is -8.89. The molecule has 386 valence electrons. The maximum atomic E-state index is 15.1. The lowest BCUT2D eigenvalue weighted by molar-refractivity contribution is -0.153. The molecule has 4 heterocycles. The van der Waals surface area contributed by atoms with E-state index in [-0.39, 0.29) is 29.6 Å². The number of allylic oxidation sites excluding steroid dienone is 1. The first-order valence-electron chi connectivity index (χ1n) is 25.1. The molecule has 0 saturated carbocycles. The predicted octanol–water partition coefficient (Wildman–Crippen LogP) is 12.1. The van der Waals surface area contributed by atoms with Crippen LogP contribution in [0.1, 0.15) is 55.4 Å². The molecule has 2 aromatic heterocycles. The van der Waals surface area contributed by atoms with Gasteiger partial charge in [0.05, 0.1) is 12.6 Å². The van der Waals surface area contributed by atoms with Gasteiger partial charge in [-0.1, -0.05) is 193 Å². The van der Waals surface area contributed by atoms with E-state index in [1.54, 1.807) is 36.3 Å². The van der Waals surface area contributed by atoms with Crippen molar-refractivity contribution in [3.05, 3.63) is 284 Å². The number of para-hydroxylation sites is 1. The summed E-state index contributed by atoms with van der Waals surface area (Å²) in [5.41, 5.74) is 8.09. The fraction of sp³-hybridized carbons (Fsp3) is 0.111. The molecule has 0 spiro atoms. The van der Waals surface area contributed by atoms with Gasteiger partial charge in [0.1, 0.15) is 40.7 Å². The van der Waals surface area contributed by atoms with E-state index in [0.29, 0.717) is 28.0 Å². The Morgan fingerprint density at radius 3 is 1.92 bits per heavy atom. The number of β-lactam (4-membered cyclic amide) rings is 1. The lowest BCUT2D eigenvalue weighted by Crippen LogP contribution is -2.71. The minimum Gasteiger partial charge on any atom is -0.497 e. The highest BCUT2D eigenvalue weighted by molar-refractivity contribution is 8.00. The first-order chi connectivity index (χ1) is 38.4. The van der Waals surface area contributed by atoms with Crippen LogP contribution in [0.15, 0.2) is 240 Å². The second kappa shape index (κ2) is 23.6. The maximum absolute atomic E-state index is 15.1. The van der Waals surface area contributed by atoms with Crippen molar-refractivity contribution in [3.63, 3.8) is 0 Å². The third kappa shape index (κ3) is 10.8. The van der Waals surface area contributed by atoms with Gasteiger partial charge in [-0.05, 0) is 63.2 Å². The summed E-state index contributed by atoms with van der Waals surface area (Å²) < 4.78 is 11.2. The van der Waals surface area contributed by atoms with Crippen molar-refractivity contribution in [3.8, 4) is 11.5 Å². The molecule has 2 aliphatic rings. The number of hydrogen-bond acceptors (Lipinski definition) is 13. The van der Waals surface area contributed by atoms with Gasteiger partial charge in [-0.2, -0.15) is 0 Å². The average Bonchev–Trinajstić information content (AvgIpc) is 4.24. The molecule has 1 saturated heterocycles. The molecule has 2 amide bonds. The Balaban J connectivity index is 0.947. The van der Waals surface area contributed by atoms with Crippen LogP contribution < -0.4 is 20.2 Å². The van der Waals surface area contributed by atoms with Gasteiger partial charge < -0.3 is 24.9 Å². The van der Waals surface area contributed by atoms with Crippen LogP contribution >= 0.6 is 34.4 Å². The number of thiazole rings is 2. The zero-order valence-electron chi connectivity index (χ0n) is 42.0. The fourth-order valence-electron chi connectivity index (χ4n) is 9.72. The topological polar surface area (TPSA) is 144 Å².